The van der Waals surface area contributed by atoms with E-state index in [4.69, 9.17) is 40.1 Å². The number of rotatable bonds is 41. The summed E-state index contributed by atoms with van der Waals surface area (Å²) >= 11 is 1.45. The van der Waals surface area contributed by atoms with Crippen LogP contribution in [0.25, 0.3) is 0 Å². The van der Waals surface area contributed by atoms with Crippen LogP contribution in [-0.2, 0) is 59.2 Å². The number of carbonyl (C=O) groups excluding carboxylic acids is 10. The lowest BCUT2D eigenvalue weighted by molar-refractivity contribution is -0.142. The first-order valence-electron chi connectivity index (χ1n) is 26.8. The summed E-state index contributed by atoms with van der Waals surface area (Å²) in [7, 11) is 0. The second-order valence-corrected chi connectivity index (χ2v) is 21.2. The molecule has 0 heterocycles. The second-order valence-electron chi connectivity index (χ2n) is 20.3. The molecule has 0 saturated carbocycles. The van der Waals surface area contributed by atoms with Crippen LogP contribution >= 0.6 is 11.8 Å². The van der Waals surface area contributed by atoms with E-state index >= 15 is 0 Å². The molecule has 1 rings (SSSR count). The van der Waals surface area contributed by atoms with Gasteiger partial charge in [0.05, 0.1) is 12.6 Å². The fourth-order valence-electron chi connectivity index (χ4n) is 7.86. The van der Waals surface area contributed by atoms with Crippen LogP contribution in [0, 0.1) is 11.8 Å². The molecular weight excluding hydrogens is 1090 g/mol. The van der Waals surface area contributed by atoms with Gasteiger partial charge < -0.3 is 92.9 Å². The van der Waals surface area contributed by atoms with Gasteiger partial charge in [0.25, 0.3) is 0 Å². The third kappa shape index (κ3) is 30.1. The Hall–Kier alpha value is -7.80. The number of hydrogen-bond acceptors (Lipinski definition) is 16. The van der Waals surface area contributed by atoms with Crippen molar-refractivity contribution in [1.29, 1.82) is 0 Å². The van der Waals surface area contributed by atoms with E-state index in [9.17, 15) is 63.0 Å². The Morgan fingerprint density at radius 3 is 1.23 bits per heavy atom. The number of nitrogens with zero attached hydrogens (tertiary/aromatic N) is 2. The minimum Gasteiger partial charge on any atom is -0.480 e. The van der Waals surface area contributed by atoms with Crippen molar-refractivity contribution in [1.82, 2.24) is 42.5 Å². The van der Waals surface area contributed by atoms with E-state index in [1.165, 1.54) is 11.8 Å². The standard InChI is InChI=1S/C51H87N17O13S/c1-27(2)23-35(66-48(79)38(26-69)68-41(72)30(52)19-22-82-5)45(76)63-32(15-17-39(53)70)43(74)61-31(13-9-20-59-50(55)56)42(73)62-33(16-18-40(54)71)44(75)67-37(25-29-11-7-6-8-12-29)47(78)65-36(24-28(3)4)46(77)64-34(49(80)81)14-10-21-60-51(57)58/h6-8,11-12,27-28,30-38,69H,9-10,13-26,52H2,1-5H3,(H2,53,70)(H2,54,71)(H,61,74)(H,62,73)(H,63,76)(H,64,77)(H,65,78)(H,66,79)(H,67,75)(H,68,72)(H,80,81)(H4,55,56,59)(H4,57,58,60)/t30-,31-,32-,33-,34-,35-,36-,37-,38-/m0/s1. The maximum Gasteiger partial charge on any atom is 0.326 e. The van der Waals surface area contributed by atoms with Crippen molar-refractivity contribution in [3.05, 3.63) is 35.9 Å². The summed E-state index contributed by atoms with van der Waals surface area (Å²) in [6, 6.07) is -4.53. The largest absolute Gasteiger partial charge is 0.480 e. The van der Waals surface area contributed by atoms with E-state index in [0.29, 0.717) is 11.3 Å². The van der Waals surface area contributed by atoms with Crippen molar-refractivity contribution in [2.45, 2.75) is 159 Å². The van der Waals surface area contributed by atoms with Crippen LogP contribution < -0.4 is 82.7 Å². The summed E-state index contributed by atoms with van der Waals surface area (Å²) in [6.45, 7) is 6.14. The molecule has 0 saturated heterocycles. The van der Waals surface area contributed by atoms with Crippen LogP contribution in [0.2, 0.25) is 0 Å². The fourth-order valence-corrected chi connectivity index (χ4v) is 8.35. The SMILES string of the molecule is CSCC[C@H](N)C(=O)N[C@@H](CO)C(=O)N[C@@H](CC(C)C)C(=O)N[C@@H](CCC(N)=O)C(=O)N[C@@H](CCCN=C(N)N)C(=O)N[C@@H](CCC(N)=O)C(=O)N[C@@H](Cc1ccccc1)C(=O)N[C@@H](CC(C)C)C(=O)N[C@@H](CCCN=C(N)N)C(=O)O. The van der Waals surface area contributed by atoms with Gasteiger partial charge in [-0.25, -0.2) is 4.79 Å². The molecule has 0 radical (unpaired) electrons. The average molecular weight is 1180 g/mol. The number of carbonyl (C=O) groups is 11. The van der Waals surface area contributed by atoms with Gasteiger partial charge >= 0.3 is 5.97 Å². The zero-order valence-corrected chi connectivity index (χ0v) is 48.1. The van der Waals surface area contributed by atoms with Gasteiger partial charge in [-0.05, 0) is 87.2 Å². The molecule has 30 nitrogen and oxygen atoms in total. The zero-order chi connectivity index (χ0) is 62.1. The molecule has 0 aliphatic carbocycles. The lowest BCUT2D eigenvalue weighted by Gasteiger charge is -2.28. The number of carboxylic acid groups (broad SMARTS) is 1. The summed E-state index contributed by atoms with van der Waals surface area (Å²) < 4.78 is 0. The van der Waals surface area contributed by atoms with Crippen molar-refractivity contribution in [2.24, 2.45) is 62.0 Å². The van der Waals surface area contributed by atoms with Gasteiger partial charge in [-0.1, -0.05) is 58.0 Å². The van der Waals surface area contributed by atoms with E-state index in [0.717, 1.165) is 0 Å². The monoisotopic (exact) mass is 1180 g/mol. The van der Waals surface area contributed by atoms with Crippen LogP contribution in [-0.4, -0.2) is 173 Å². The second kappa shape index (κ2) is 38.8. The van der Waals surface area contributed by atoms with E-state index in [2.05, 4.69) is 52.5 Å². The molecule has 0 aliphatic heterocycles. The molecule has 0 fully saturated rings. The Morgan fingerprint density at radius 2 is 0.841 bits per heavy atom. The number of carboxylic acids is 1. The Balaban J connectivity index is 3.69. The summed E-state index contributed by atoms with van der Waals surface area (Å²) in [5.74, 6) is -11.0. The number of aliphatic carboxylic acids is 1. The van der Waals surface area contributed by atoms with Crippen molar-refractivity contribution in [3.8, 4) is 0 Å². The highest BCUT2D eigenvalue weighted by molar-refractivity contribution is 7.98. The Labute approximate surface area is 481 Å². The smallest absolute Gasteiger partial charge is 0.326 e. The number of aliphatic hydroxyl groups excluding tert-OH is 1. The summed E-state index contributed by atoms with van der Waals surface area (Å²) in [6.07, 6.45) is 0.0355. The highest BCUT2D eigenvalue weighted by atomic mass is 32.2. The van der Waals surface area contributed by atoms with E-state index in [1.807, 2.05) is 6.26 Å². The van der Waals surface area contributed by atoms with Gasteiger partial charge in [0.1, 0.15) is 48.3 Å². The van der Waals surface area contributed by atoms with E-state index in [-0.39, 0.29) is 88.2 Å². The zero-order valence-electron chi connectivity index (χ0n) is 47.3. The third-order valence-electron chi connectivity index (χ3n) is 12.1. The molecule has 0 bridgehead atoms. The fraction of sp³-hybridized carbons (Fsp3) is 0.627. The number of nitrogens with two attached hydrogens (primary N) is 7. The number of aliphatic imine (C=N–C) groups is 2. The first kappa shape index (κ1) is 72.2. The van der Waals surface area contributed by atoms with Crippen molar-refractivity contribution in [2.75, 3.05) is 31.7 Å². The van der Waals surface area contributed by atoms with Gasteiger partial charge in [-0.15, -0.1) is 0 Å². The molecule has 1 aromatic carbocycles. The lowest BCUT2D eigenvalue weighted by atomic mass is 10.00. The van der Waals surface area contributed by atoms with Gasteiger partial charge in [0.2, 0.25) is 59.1 Å². The van der Waals surface area contributed by atoms with Gasteiger partial charge in [-0.2, -0.15) is 11.8 Å². The number of nitrogens with one attached hydrogen (secondary N) is 8. The van der Waals surface area contributed by atoms with Crippen LogP contribution in [0.15, 0.2) is 40.3 Å². The predicted molar refractivity (Wildman–Crippen MR) is 307 cm³/mol. The number of hydrogen-bond donors (Lipinski definition) is 17. The summed E-state index contributed by atoms with van der Waals surface area (Å²) in [4.78, 5) is 155. The van der Waals surface area contributed by atoms with Crippen molar-refractivity contribution in [3.63, 3.8) is 0 Å². The van der Waals surface area contributed by atoms with Crippen molar-refractivity contribution < 1.29 is 63.0 Å². The minimum absolute atomic E-state index is 0.0236. The quantitative estimate of drug-likeness (QED) is 0.0166. The topological polar surface area (TPSA) is 531 Å². The average Bonchev–Trinajstić information content (AvgIpc) is 3.48. The van der Waals surface area contributed by atoms with Gasteiger partial charge in [0.15, 0.2) is 11.9 Å². The number of thioether (sulfide) groups is 1. The predicted octanol–water partition coefficient (Wildman–Crippen LogP) is -5.00. The molecule has 9 atom stereocenters. The van der Waals surface area contributed by atoms with Crippen molar-refractivity contribution >= 4 is 88.7 Å². The Morgan fingerprint density at radius 1 is 0.488 bits per heavy atom. The number of amides is 10. The molecule has 0 aromatic heterocycles. The number of aliphatic hydroxyl groups is 1. The third-order valence-corrected chi connectivity index (χ3v) is 12.8. The maximum absolute atomic E-state index is 14.4. The molecule has 0 aliphatic rings. The van der Waals surface area contributed by atoms with Crippen LogP contribution in [0.1, 0.15) is 104 Å². The molecule has 0 unspecified atom stereocenters. The maximum atomic E-state index is 14.4. The first-order valence-corrected chi connectivity index (χ1v) is 28.2. The summed E-state index contributed by atoms with van der Waals surface area (Å²) in [5.41, 5.74) is 39.2. The highest BCUT2D eigenvalue weighted by Crippen LogP contribution is 2.13. The Bertz CT molecular complexity index is 2340. The lowest BCUT2D eigenvalue weighted by Crippen LogP contribution is -2.61. The Kier molecular flexibility index (Phi) is 34.1. The summed E-state index contributed by atoms with van der Waals surface area (Å²) in [5, 5.41) is 40.1. The van der Waals surface area contributed by atoms with Crippen LogP contribution in [0.4, 0.5) is 0 Å². The molecule has 82 heavy (non-hydrogen) atoms. The normalized spacial score (nSPS) is 14.3. The molecular formula is C51H87N17O13S. The molecule has 1 aromatic rings. The molecule has 10 amide bonds. The molecule has 460 valence electrons. The minimum atomic E-state index is -1.64. The molecule has 24 N–H and O–H groups in total. The number of primary amides is 2. The van der Waals surface area contributed by atoms with E-state index < -0.39 is 152 Å². The van der Waals surface area contributed by atoms with E-state index in [1.54, 1.807) is 58.0 Å². The number of guanidine groups is 2. The van der Waals surface area contributed by atoms with Crippen LogP contribution in [0.3, 0.4) is 0 Å². The molecule has 31 heteroatoms. The highest BCUT2D eigenvalue weighted by Gasteiger charge is 2.36. The van der Waals surface area contributed by atoms with Gasteiger partial charge in [-0.3, -0.25) is 57.9 Å². The van der Waals surface area contributed by atoms with Crippen LogP contribution in [0.5, 0.6) is 0 Å². The van der Waals surface area contributed by atoms with Gasteiger partial charge in [0, 0.05) is 32.4 Å². The number of benzene rings is 1. The molecule has 0 spiro atoms. The first-order chi connectivity index (χ1) is 38.6.